The number of anilines is 1. The average molecular weight is 645 g/mol. The van der Waals surface area contributed by atoms with Gasteiger partial charge in [-0.2, -0.15) is 14.5 Å². The maximum Gasteiger partial charge on any atom is 0.361 e. The number of carbonyl (C=O) groups excluding carboxylic acids is 1. The molecule has 1 aromatic carbocycles. The van der Waals surface area contributed by atoms with Crippen LogP contribution in [0.1, 0.15) is 48.0 Å². The first-order chi connectivity index (χ1) is 23.1. The molecule has 1 aliphatic heterocycles. The third-order valence-corrected chi connectivity index (χ3v) is 8.30. The van der Waals surface area contributed by atoms with E-state index in [9.17, 15) is 14.9 Å². The number of benzene rings is 1. The van der Waals surface area contributed by atoms with Crippen LogP contribution in [-0.2, 0) is 18.8 Å². The molecule has 4 aromatic heterocycles. The number of carbonyl (C=O) groups is 1. The van der Waals surface area contributed by atoms with Gasteiger partial charge in [0, 0.05) is 66.9 Å². The Morgan fingerprint density at radius 2 is 1.94 bits per heavy atom. The molecule has 48 heavy (non-hydrogen) atoms. The molecule has 0 fully saturated rings. The van der Waals surface area contributed by atoms with Crippen LogP contribution in [0.15, 0.2) is 77.8 Å². The van der Waals surface area contributed by atoms with Gasteiger partial charge in [0.1, 0.15) is 48.3 Å². The number of nitriles is 1. The van der Waals surface area contributed by atoms with Crippen LogP contribution in [0.2, 0.25) is 0 Å². The van der Waals surface area contributed by atoms with Crippen molar-refractivity contribution < 1.29 is 18.8 Å². The van der Waals surface area contributed by atoms with Crippen molar-refractivity contribution in [3.05, 3.63) is 106 Å². The van der Waals surface area contributed by atoms with Gasteiger partial charge in [0.15, 0.2) is 17.5 Å². The normalized spacial score (nSPS) is 14.0. The monoisotopic (exact) mass is 644 g/mol. The molecule has 1 unspecified atom stereocenters. The molecule has 13 nitrogen and oxygen atoms in total. The summed E-state index contributed by atoms with van der Waals surface area (Å²) < 4.78 is 16.5. The number of allylic oxidation sites excluding steroid dienone is 2. The molecule has 0 bridgehead atoms. The van der Waals surface area contributed by atoms with E-state index in [4.69, 9.17) is 9.47 Å². The molecule has 5 aromatic rings. The SMILES string of the molecule is CCN(CC)c1ccc2c(c1)O/C(=C(/C#N)c1cc[n+](C)c(-c3cc(C)ccn3)c1)C=C2C(C)OC(=O)c1ncn2c(=O)n(C)nnc12. The third kappa shape index (κ3) is 5.79. The Labute approximate surface area is 276 Å². The molecule has 0 spiro atoms. The van der Waals surface area contributed by atoms with Gasteiger partial charge in [0.25, 0.3) is 0 Å². The van der Waals surface area contributed by atoms with Gasteiger partial charge in [-0.3, -0.25) is 0 Å². The smallest absolute Gasteiger partial charge is 0.361 e. The molecule has 0 N–H and O–H groups in total. The van der Waals surface area contributed by atoms with E-state index < -0.39 is 17.8 Å². The number of esters is 1. The van der Waals surface area contributed by atoms with Crippen LogP contribution in [0.5, 0.6) is 5.75 Å². The Kier molecular flexibility index (Phi) is 8.56. The van der Waals surface area contributed by atoms with Gasteiger partial charge in [-0.05, 0) is 63.6 Å². The highest BCUT2D eigenvalue weighted by atomic mass is 16.5. The Bertz CT molecular complexity index is 2240. The summed E-state index contributed by atoms with van der Waals surface area (Å²) >= 11 is 0. The van der Waals surface area contributed by atoms with Crippen LogP contribution >= 0.6 is 0 Å². The summed E-state index contributed by atoms with van der Waals surface area (Å²) in [5.41, 5.74) is 5.21. The summed E-state index contributed by atoms with van der Waals surface area (Å²) in [6, 6.07) is 15.9. The van der Waals surface area contributed by atoms with Crippen LogP contribution in [-0.4, -0.2) is 54.5 Å². The fourth-order valence-electron chi connectivity index (χ4n) is 5.67. The van der Waals surface area contributed by atoms with E-state index in [0.29, 0.717) is 33.8 Å². The molecule has 0 amide bonds. The van der Waals surface area contributed by atoms with E-state index >= 15 is 0 Å². The first-order valence-electron chi connectivity index (χ1n) is 15.5. The zero-order valence-electron chi connectivity index (χ0n) is 27.5. The summed E-state index contributed by atoms with van der Waals surface area (Å²) in [4.78, 5) is 36.7. The van der Waals surface area contributed by atoms with Crippen molar-refractivity contribution in [1.29, 1.82) is 5.26 Å². The molecule has 242 valence electrons. The van der Waals surface area contributed by atoms with E-state index in [0.717, 1.165) is 44.8 Å². The van der Waals surface area contributed by atoms with Gasteiger partial charge < -0.3 is 14.4 Å². The van der Waals surface area contributed by atoms with Crippen molar-refractivity contribution in [1.82, 2.24) is 29.4 Å². The summed E-state index contributed by atoms with van der Waals surface area (Å²) in [7, 11) is 3.37. The van der Waals surface area contributed by atoms with Crippen molar-refractivity contribution in [3.8, 4) is 23.2 Å². The summed E-state index contributed by atoms with van der Waals surface area (Å²) in [6.45, 7) is 9.46. The van der Waals surface area contributed by atoms with Crippen molar-refractivity contribution in [2.75, 3.05) is 18.0 Å². The first-order valence-corrected chi connectivity index (χ1v) is 15.5. The van der Waals surface area contributed by atoms with Gasteiger partial charge in [0.2, 0.25) is 5.69 Å². The number of hydrogen-bond acceptors (Lipinski definition) is 10. The van der Waals surface area contributed by atoms with Crippen molar-refractivity contribution in [2.24, 2.45) is 14.1 Å². The molecule has 0 saturated carbocycles. The van der Waals surface area contributed by atoms with Crippen molar-refractivity contribution in [2.45, 2.75) is 33.8 Å². The number of hydrogen-bond donors (Lipinski definition) is 0. The van der Waals surface area contributed by atoms with Gasteiger partial charge in [0.05, 0.1) is 0 Å². The zero-order chi connectivity index (χ0) is 34.1. The fourth-order valence-corrected chi connectivity index (χ4v) is 5.67. The highest BCUT2D eigenvalue weighted by molar-refractivity contribution is 5.95. The van der Waals surface area contributed by atoms with Crippen molar-refractivity contribution in [3.63, 3.8) is 0 Å². The first kappa shape index (κ1) is 31.8. The Morgan fingerprint density at radius 1 is 1.15 bits per heavy atom. The lowest BCUT2D eigenvalue weighted by molar-refractivity contribution is -0.660. The number of aromatic nitrogens is 7. The lowest BCUT2D eigenvalue weighted by Crippen LogP contribution is -2.30. The molecule has 0 saturated heterocycles. The maximum atomic E-state index is 13.4. The number of ether oxygens (including phenoxy) is 2. The fraction of sp³-hybridized carbons (Fsp3) is 0.257. The van der Waals surface area contributed by atoms with Gasteiger partial charge in [-0.15, -0.1) is 5.10 Å². The average Bonchev–Trinajstić information content (AvgIpc) is 3.52. The largest absolute Gasteiger partial charge is 0.455 e. The lowest BCUT2D eigenvalue weighted by Gasteiger charge is -2.27. The zero-order valence-corrected chi connectivity index (χ0v) is 27.5. The Balaban J connectivity index is 1.45. The number of imidazole rings is 1. The molecule has 13 heteroatoms. The molecular formula is C35H34N9O4+. The van der Waals surface area contributed by atoms with Gasteiger partial charge in [-0.1, -0.05) is 5.21 Å². The second-order valence-corrected chi connectivity index (χ2v) is 11.4. The van der Waals surface area contributed by atoms with Crippen molar-refractivity contribution >= 4 is 28.5 Å². The molecular weight excluding hydrogens is 610 g/mol. The number of rotatable bonds is 8. The Hall–Kier alpha value is -6.16. The van der Waals surface area contributed by atoms with Crippen LogP contribution in [0, 0.1) is 18.3 Å². The minimum atomic E-state index is -0.814. The predicted octanol–water partition coefficient (Wildman–Crippen LogP) is 3.82. The summed E-state index contributed by atoms with van der Waals surface area (Å²) in [5.74, 6) is 0.0444. The Morgan fingerprint density at radius 3 is 2.67 bits per heavy atom. The van der Waals surface area contributed by atoms with Gasteiger partial charge >= 0.3 is 11.7 Å². The lowest BCUT2D eigenvalue weighted by atomic mass is 9.94. The second-order valence-electron chi connectivity index (χ2n) is 11.4. The topological polar surface area (TPSA) is 144 Å². The quantitative estimate of drug-likeness (QED) is 0.139. The summed E-state index contributed by atoms with van der Waals surface area (Å²) in [5, 5.41) is 18.3. The standard InChI is InChI=1S/C35H34N9O4/c1-7-43(8-2)24-9-10-25-26(22(4)47-34(45)32-33-39-40-42(6)35(46)44(33)20-38-32)18-31(48-30(25)17-24)27(19-36)23-12-14-41(5)29(16-23)28-15-21(3)11-13-37-28/h9-18,20,22H,7-8H2,1-6H3/q+1. The van der Waals surface area contributed by atoms with Crippen LogP contribution < -0.4 is 19.9 Å². The van der Waals surface area contributed by atoms with Gasteiger partial charge in [-0.25, -0.2) is 24.0 Å². The molecule has 0 aliphatic carbocycles. The maximum absolute atomic E-state index is 13.4. The second kappa shape index (κ2) is 12.9. The van der Waals surface area contributed by atoms with E-state index in [1.165, 1.54) is 13.4 Å². The third-order valence-electron chi connectivity index (χ3n) is 8.30. The van der Waals surface area contributed by atoms with E-state index in [-0.39, 0.29) is 11.3 Å². The number of pyridine rings is 2. The number of fused-ring (bicyclic) bond motifs is 2. The highest BCUT2D eigenvalue weighted by Crippen LogP contribution is 2.40. The molecule has 6 rings (SSSR count). The minimum absolute atomic E-state index is 0.0102. The van der Waals surface area contributed by atoms with Crippen LogP contribution in [0.25, 0.3) is 28.2 Å². The van der Waals surface area contributed by atoms with Crippen LogP contribution in [0.4, 0.5) is 5.69 Å². The predicted molar refractivity (Wildman–Crippen MR) is 178 cm³/mol. The van der Waals surface area contributed by atoms with Crippen LogP contribution in [0.3, 0.4) is 0 Å². The van der Waals surface area contributed by atoms with E-state index in [2.05, 4.69) is 45.1 Å². The number of nitrogens with zero attached hydrogens (tertiary/aromatic N) is 9. The highest BCUT2D eigenvalue weighted by Gasteiger charge is 2.29. The summed E-state index contributed by atoms with van der Waals surface area (Å²) in [6.07, 6.45) is 5.76. The molecule has 5 heterocycles. The molecule has 0 radical (unpaired) electrons. The van der Waals surface area contributed by atoms with E-state index in [1.807, 2.05) is 67.2 Å². The van der Waals surface area contributed by atoms with E-state index in [1.54, 1.807) is 19.2 Å². The number of aryl methyl sites for hydroxylation is 3. The molecule has 1 atom stereocenters. The minimum Gasteiger partial charge on any atom is -0.455 e. The molecule has 1 aliphatic rings.